The molecule has 19 heavy (non-hydrogen) atoms. The number of thioether (sulfide) groups is 1. The summed E-state index contributed by atoms with van der Waals surface area (Å²) in [6.07, 6.45) is 1.94. The van der Waals surface area contributed by atoms with Gasteiger partial charge in [0, 0.05) is 4.90 Å². The largest absolute Gasteiger partial charge is 0.372 e. The quantitative estimate of drug-likeness (QED) is 0.839. The highest BCUT2D eigenvalue weighted by Crippen LogP contribution is 2.31. The number of carbonyl (C=O) groups is 1. The minimum atomic E-state index is -1.80. The first kappa shape index (κ1) is 13.6. The van der Waals surface area contributed by atoms with Gasteiger partial charge in [-0.05, 0) is 29.5 Å². The van der Waals surface area contributed by atoms with Crippen molar-refractivity contribution in [3.63, 3.8) is 0 Å². The van der Waals surface area contributed by atoms with Crippen LogP contribution < -0.4 is 5.73 Å². The molecule has 0 aliphatic carbocycles. The average molecular weight is 273 g/mol. The van der Waals surface area contributed by atoms with Gasteiger partial charge < -0.3 is 10.8 Å². The number of rotatable bonds is 4. The van der Waals surface area contributed by atoms with Crippen LogP contribution in [0.3, 0.4) is 0 Å². The molecule has 1 unspecified atom stereocenters. The van der Waals surface area contributed by atoms with Crippen LogP contribution in [0.25, 0.3) is 0 Å². The summed E-state index contributed by atoms with van der Waals surface area (Å²) < 4.78 is 0. The third kappa shape index (κ3) is 2.50. The van der Waals surface area contributed by atoms with E-state index in [1.54, 1.807) is 54.2 Å². The van der Waals surface area contributed by atoms with Crippen molar-refractivity contribution < 1.29 is 9.90 Å². The zero-order valence-electron chi connectivity index (χ0n) is 10.5. The maximum atomic E-state index is 11.8. The van der Waals surface area contributed by atoms with E-state index in [9.17, 15) is 9.90 Å². The zero-order chi connectivity index (χ0) is 13.9. The fourth-order valence-corrected chi connectivity index (χ4v) is 2.44. The SMILES string of the molecule is CSc1cccc(C(O)(C(N)=O)c2ccccc2)c1. The van der Waals surface area contributed by atoms with Crippen LogP contribution >= 0.6 is 11.8 Å². The Labute approximate surface area is 116 Å². The third-order valence-corrected chi connectivity index (χ3v) is 3.76. The summed E-state index contributed by atoms with van der Waals surface area (Å²) in [7, 11) is 0. The number of hydrogen-bond acceptors (Lipinski definition) is 3. The molecular formula is C15H15NO2S. The van der Waals surface area contributed by atoms with E-state index in [4.69, 9.17) is 5.73 Å². The van der Waals surface area contributed by atoms with E-state index in [2.05, 4.69) is 0 Å². The van der Waals surface area contributed by atoms with Gasteiger partial charge in [0.2, 0.25) is 0 Å². The summed E-state index contributed by atoms with van der Waals surface area (Å²) in [5.74, 6) is -0.781. The molecule has 0 bridgehead atoms. The smallest absolute Gasteiger partial charge is 0.258 e. The summed E-state index contributed by atoms with van der Waals surface area (Å²) in [6, 6.07) is 15.9. The first-order valence-corrected chi connectivity index (χ1v) is 7.04. The molecule has 0 spiro atoms. The van der Waals surface area contributed by atoms with Crippen molar-refractivity contribution in [2.45, 2.75) is 10.5 Å². The molecule has 0 heterocycles. The van der Waals surface area contributed by atoms with Gasteiger partial charge in [-0.25, -0.2) is 0 Å². The molecule has 0 saturated carbocycles. The van der Waals surface area contributed by atoms with Gasteiger partial charge in [-0.1, -0.05) is 42.5 Å². The fraction of sp³-hybridized carbons (Fsp3) is 0.133. The van der Waals surface area contributed by atoms with Gasteiger partial charge in [-0.3, -0.25) is 4.79 Å². The van der Waals surface area contributed by atoms with Gasteiger partial charge in [-0.2, -0.15) is 0 Å². The normalized spacial score (nSPS) is 13.8. The summed E-state index contributed by atoms with van der Waals surface area (Å²) >= 11 is 1.54. The maximum Gasteiger partial charge on any atom is 0.258 e. The molecular weight excluding hydrogens is 258 g/mol. The predicted octanol–water partition coefficient (Wildman–Crippen LogP) is 2.13. The van der Waals surface area contributed by atoms with E-state index in [1.807, 2.05) is 18.4 Å². The first-order valence-electron chi connectivity index (χ1n) is 5.81. The van der Waals surface area contributed by atoms with Crippen LogP contribution in [0.5, 0.6) is 0 Å². The molecule has 2 aromatic carbocycles. The molecule has 0 saturated heterocycles. The monoisotopic (exact) mass is 273 g/mol. The highest BCUT2D eigenvalue weighted by atomic mass is 32.2. The molecule has 2 aromatic rings. The van der Waals surface area contributed by atoms with Crippen molar-refractivity contribution in [3.05, 3.63) is 65.7 Å². The molecule has 0 aliphatic rings. The van der Waals surface area contributed by atoms with Crippen molar-refractivity contribution in [2.75, 3.05) is 6.26 Å². The minimum Gasteiger partial charge on any atom is -0.372 e. The lowest BCUT2D eigenvalue weighted by Gasteiger charge is -2.26. The Bertz CT molecular complexity index is 586. The fourth-order valence-electron chi connectivity index (χ4n) is 1.98. The molecule has 1 atom stereocenters. The van der Waals surface area contributed by atoms with Crippen molar-refractivity contribution in [3.8, 4) is 0 Å². The summed E-state index contributed by atoms with van der Waals surface area (Å²) in [6.45, 7) is 0. The standard InChI is InChI=1S/C15H15NO2S/c1-19-13-9-5-8-12(10-13)15(18,14(16)17)11-6-3-2-4-7-11/h2-10,18H,1H3,(H2,16,17). The van der Waals surface area contributed by atoms with E-state index in [0.29, 0.717) is 11.1 Å². The van der Waals surface area contributed by atoms with E-state index in [0.717, 1.165) is 4.90 Å². The zero-order valence-corrected chi connectivity index (χ0v) is 11.4. The van der Waals surface area contributed by atoms with Crippen LogP contribution in [0, 0.1) is 0 Å². The number of benzene rings is 2. The van der Waals surface area contributed by atoms with Crippen LogP contribution in [0.15, 0.2) is 59.5 Å². The molecule has 98 valence electrons. The van der Waals surface area contributed by atoms with E-state index in [-0.39, 0.29) is 0 Å². The molecule has 0 radical (unpaired) electrons. The minimum absolute atomic E-state index is 0.473. The van der Waals surface area contributed by atoms with Crippen molar-refractivity contribution in [1.29, 1.82) is 0 Å². The third-order valence-electron chi connectivity index (χ3n) is 3.04. The van der Waals surface area contributed by atoms with E-state index < -0.39 is 11.5 Å². The van der Waals surface area contributed by atoms with Gasteiger partial charge in [-0.15, -0.1) is 11.8 Å². The average Bonchev–Trinajstić information content (AvgIpc) is 2.47. The lowest BCUT2D eigenvalue weighted by atomic mass is 9.86. The second-order valence-electron chi connectivity index (χ2n) is 4.17. The summed E-state index contributed by atoms with van der Waals surface area (Å²) in [5.41, 5.74) is 4.59. The van der Waals surface area contributed by atoms with Crippen LogP contribution in [-0.2, 0) is 10.4 Å². The number of carbonyl (C=O) groups excluding carboxylic acids is 1. The van der Waals surface area contributed by atoms with Gasteiger partial charge in [0.05, 0.1) is 0 Å². The summed E-state index contributed by atoms with van der Waals surface area (Å²) in [5, 5.41) is 10.8. The van der Waals surface area contributed by atoms with Crippen LogP contribution in [-0.4, -0.2) is 17.3 Å². The highest BCUT2D eigenvalue weighted by molar-refractivity contribution is 7.98. The van der Waals surface area contributed by atoms with Gasteiger partial charge in [0.15, 0.2) is 5.60 Å². The van der Waals surface area contributed by atoms with Crippen molar-refractivity contribution in [2.24, 2.45) is 5.73 Å². The van der Waals surface area contributed by atoms with Crippen LogP contribution in [0.4, 0.5) is 0 Å². The number of aliphatic hydroxyl groups is 1. The Morgan fingerprint density at radius 3 is 2.32 bits per heavy atom. The van der Waals surface area contributed by atoms with Crippen LogP contribution in [0.1, 0.15) is 11.1 Å². The lowest BCUT2D eigenvalue weighted by Crippen LogP contribution is -2.42. The maximum absolute atomic E-state index is 11.8. The molecule has 3 N–H and O–H groups in total. The van der Waals surface area contributed by atoms with E-state index >= 15 is 0 Å². The van der Waals surface area contributed by atoms with Gasteiger partial charge in [0.1, 0.15) is 0 Å². The summed E-state index contributed by atoms with van der Waals surface area (Å²) in [4.78, 5) is 12.8. The number of nitrogens with two attached hydrogens (primary N) is 1. The number of primary amides is 1. The Balaban J connectivity index is 2.60. The molecule has 1 amide bonds. The molecule has 0 aliphatic heterocycles. The van der Waals surface area contributed by atoms with Crippen LogP contribution in [0.2, 0.25) is 0 Å². The topological polar surface area (TPSA) is 63.3 Å². The Morgan fingerprint density at radius 1 is 1.11 bits per heavy atom. The predicted molar refractivity (Wildman–Crippen MR) is 76.9 cm³/mol. The first-order chi connectivity index (χ1) is 9.09. The van der Waals surface area contributed by atoms with Gasteiger partial charge >= 0.3 is 0 Å². The Morgan fingerprint density at radius 2 is 1.74 bits per heavy atom. The van der Waals surface area contributed by atoms with Crippen molar-refractivity contribution in [1.82, 2.24) is 0 Å². The second-order valence-corrected chi connectivity index (χ2v) is 5.05. The second kappa shape index (κ2) is 5.47. The molecule has 2 rings (SSSR count). The van der Waals surface area contributed by atoms with Crippen molar-refractivity contribution >= 4 is 17.7 Å². The van der Waals surface area contributed by atoms with Gasteiger partial charge in [0.25, 0.3) is 5.91 Å². The molecule has 3 nitrogen and oxygen atoms in total. The number of hydrogen-bond donors (Lipinski definition) is 2. The molecule has 0 fully saturated rings. The molecule has 0 aromatic heterocycles. The van der Waals surface area contributed by atoms with E-state index in [1.165, 1.54) is 0 Å². The highest BCUT2D eigenvalue weighted by Gasteiger charge is 2.38. The number of amides is 1. The molecule has 4 heteroatoms. The Hall–Kier alpha value is -1.78. The Kier molecular flexibility index (Phi) is 3.93. The lowest BCUT2D eigenvalue weighted by molar-refractivity contribution is -0.133.